The summed E-state index contributed by atoms with van der Waals surface area (Å²) in [4.78, 5) is 12.0. The fraction of sp³-hybridized carbons (Fsp3) is 0.235. The molecule has 0 saturated carbocycles. The van der Waals surface area contributed by atoms with Crippen LogP contribution in [-0.2, 0) is 22.9 Å². The van der Waals surface area contributed by atoms with E-state index >= 15 is 0 Å². The average molecular weight is 367 g/mol. The number of carbonyl (C=O) groups excluding carboxylic acids is 1. The Morgan fingerprint density at radius 2 is 1.62 bits per heavy atom. The molecule has 128 valence electrons. The Bertz CT molecular complexity index is 833. The molecule has 0 aromatic heterocycles. The van der Waals surface area contributed by atoms with Crippen LogP contribution in [0.5, 0.6) is 0 Å². The van der Waals surface area contributed by atoms with Crippen LogP contribution in [0.1, 0.15) is 25.0 Å². The van der Waals surface area contributed by atoms with Gasteiger partial charge in [0.05, 0.1) is 4.90 Å². The number of benzene rings is 2. The molecule has 2 aromatic rings. The Morgan fingerprint density at radius 1 is 1.00 bits per heavy atom. The smallest absolute Gasteiger partial charge is 0.307 e. The predicted octanol–water partition coefficient (Wildman–Crippen LogP) is 3.98. The molecule has 24 heavy (non-hydrogen) atoms. The van der Waals surface area contributed by atoms with Crippen LogP contribution < -0.4 is 10.0 Å². The van der Waals surface area contributed by atoms with Gasteiger partial charge < -0.3 is 5.32 Å². The molecule has 0 aliphatic heterocycles. The molecule has 7 heteroatoms. The first-order valence-electron chi connectivity index (χ1n) is 7.57. The van der Waals surface area contributed by atoms with Crippen molar-refractivity contribution in [3.05, 3.63) is 58.6 Å². The molecule has 0 aliphatic rings. The molecule has 0 aliphatic carbocycles. The number of sulfonamides is 1. The zero-order valence-corrected chi connectivity index (χ0v) is 15.0. The quantitative estimate of drug-likeness (QED) is 0.840. The van der Waals surface area contributed by atoms with Gasteiger partial charge in [0.1, 0.15) is 0 Å². The fourth-order valence-electron chi connectivity index (χ4n) is 2.31. The Balaban J connectivity index is 2.15. The maximum absolute atomic E-state index is 12.4. The molecule has 2 N–H and O–H groups in total. The van der Waals surface area contributed by atoms with Crippen LogP contribution in [0.4, 0.5) is 10.5 Å². The zero-order chi connectivity index (χ0) is 17.7. The van der Waals surface area contributed by atoms with Gasteiger partial charge in [-0.1, -0.05) is 31.5 Å². The van der Waals surface area contributed by atoms with Gasteiger partial charge >= 0.3 is 6.03 Å². The third-order valence-corrected chi connectivity index (χ3v) is 5.16. The van der Waals surface area contributed by atoms with E-state index in [0.717, 1.165) is 24.0 Å². The molecule has 5 nitrogen and oxygen atoms in total. The summed E-state index contributed by atoms with van der Waals surface area (Å²) in [5.74, 6) is 0. The highest BCUT2D eigenvalue weighted by molar-refractivity contribution is 7.90. The predicted molar refractivity (Wildman–Crippen MR) is 96.0 cm³/mol. The van der Waals surface area contributed by atoms with Crippen LogP contribution in [0.3, 0.4) is 0 Å². The van der Waals surface area contributed by atoms with Gasteiger partial charge in [-0.2, -0.15) is 0 Å². The summed E-state index contributed by atoms with van der Waals surface area (Å²) in [6.45, 7) is 3.98. The number of urea groups is 1. The van der Waals surface area contributed by atoms with Crippen molar-refractivity contribution in [2.75, 3.05) is 5.32 Å². The summed E-state index contributed by atoms with van der Waals surface area (Å²) < 4.78 is 26.7. The van der Waals surface area contributed by atoms with Gasteiger partial charge in [-0.15, -0.1) is 0 Å². The topological polar surface area (TPSA) is 75.3 Å². The highest BCUT2D eigenvalue weighted by Crippen LogP contribution is 2.18. The lowest BCUT2D eigenvalue weighted by molar-refractivity contribution is 0.256. The normalized spacial score (nSPS) is 11.1. The number of rotatable bonds is 5. The third-order valence-electron chi connectivity index (χ3n) is 3.58. The van der Waals surface area contributed by atoms with Gasteiger partial charge in [0.2, 0.25) is 0 Å². The largest absolute Gasteiger partial charge is 0.333 e. The van der Waals surface area contributed by atoms with Gasteiger partial charge in [-0.3, -0.25) is 0 Å². The molecule has 0 radical (unpaired) electrons. The third kappa shape index (κ3) is 4.49. The molecule has 0 unspecified atom stereocenters. The second-order valence-electron chi connectivity index (χ2n) is 5.20. The summed E-state index contributed by atoms with van der Waals surface area (Å²) in [6, 6.07) is 10.4. The first kappa shape index (κ1) is 18.3. The number of hydrogen-bond donors (Lipinski definition) is 2. The first-order chi connectivity index (χ1) is 11.4. The van der Waals surface area contributed by atoms with Crippen molar-refractivity contribution in [2.45, 2.75) is 31.6 Å². The summed E-state index contributed by atoms with van der Waals surface area (Å²) in [6.07, 6.45) is 1.55. The summed E-state index contributed by atoms with van der Waals surface area (Å²) in [5, 5.41) is 2.98. The Labute approximate surface area is 147 Å². The number of anilines is 1. The number of aryl methyl sites for hydroxylation is 2. The molecule has 0 atom stereocenters. The molecule has 0 fully saturated rings. The molecule has 0 saturated heterocycles. The van der Waals surface area contributed by atoms with Crippen molar-refractivity contribution in [2.24, 2.45) is 0 Å². The van der Waals surface area contributed by atoms with Crippen molar-refractivity contribution in [1.82, 2.24) is 4.72 Å². The monoisotopic (exact) mass is 366 g/mol. The molecule has 0 heterocycles. The fourth-order valence-corrected chi connectivity index (χ4v) is 3.40. The lowest BCUT2D eigenvalue weighted by Crippen LogP contribution is -2.34. The number of halogens is 1. The van der Waals surface area contributed by atoms with E-state index in [2.05, 4.69) is 5.32 Å². The SMILES string of the molecule is CCc1ccc(S(=O)(=O)NC(=O)Nc2ccc(Cl)cc2)cc1CC. The average Bonchev–Trinajstić information content (AvgIpc) is 2.55. The highest BCUT2D eigenvalue weighted by atomic mass is 35.5. The van der Waals surface area contributed by atoms with Crippen molar-refractivity contribution < 1.29 is 13.2 Å². The van der Waals surface area contributed by atoms with Crippen LogP contribution in [0.15, 0.2) is 47.4 Å². The van der Waals surface area contributed by atoms with E-state index < -0.39 is 16.1 Å². The van der Waals surface area contributed by atoms with Gasteiger partial charge in [0.15, 0.2) is 0 Å². The van der Waals surface area contributed by atoms with Crippen LogP contribution in [0.25, 0.3) is 0 Å². The molecule has 0 bridgehead atoms. The minimum absolute atomic E-state index is 0.0720. The van der Waals surface area contributed by atoms with Crippen LogP contribution in [0.2, 0.25) is 5.02 Å². The number of hydrogen-bond acceptors (Lipinski definition) is 3. The molecular weight excluding hydrogens is 348 g/mol. The molecule has 0 spiro atoms. The second kappa shape index (κ2) is 7.68. The highest BCUT2D eigenvalue weighted by Gasteiger charge is 2.18. The van der Waals surface area contributed by atoms with Crippen LogP contribution >= 0.6 is 11.6 Å². The van der Waals surface area contributed by atoms with Gasteiger partial charge in [0.25, 0.3) is 10.0 Å². The van der Waals surface area contributed by atoms with E-state index in [-0.39, 0.29) is 4.90 Å². The Hall–Kier alpha value is -2.05. The van der Waals surface area contributed by atoms with E-state index in [4.69, 9.17) is 11.6 Å². The van der Waals surface area contributed by atoms with Crippen molar-refractivity contribution >= 4 is 33.3 Å². The minimum atomic E-state index is -3.93. The molecule has 2 aromatic carbocycles. The van der Waals surface area contributed by atoms with E-state index in [1.165, 1.54) is 6.07 Å². The van der Waals surface area contributed by atoms with E-state index in [0.29, 0.717) is 10.7 Å². The number of carbonyl (C=O) groups is 1. The maximum atomic E-state index is 12.4. The summed E-state index contributed by atoms with van der Waals surface area (Å²) in [7, 11) is -3.93. The minimum Gasteiger partial charge on any atom is -0.307 e. The van der Waals surface area contributed by atoms with Crippen LogP contribution in [0, 0.1) is 0 Å². The summed E-state index contributed by atoms with van der Waals surface area (Å²) >= 11 is 5.76. The van der Waals surface area contributed by atoms with Crippen LogP contribution in [-0.4, -0.2) is 14.4 Å². The Morgan fingerprint density at radius 3 is 2.21 bits per heavy atom. The standard InChI is InChI=1S/C17H19ClN2O3S/c1-3-12-5-10-16(11-13(12)4-2)24(22,23)20-17(21)19-15-8-6-14(18)7-9-15/h5-11H,3-4H2,1-2H3,(H2,19,20,21). The number of nitrogens with one attached hydrogen (secondary N) is 2. The number of amides is 2. The van der Waals surface area contributed by atoms with Crippen molar-refractivity contribution in [3.63, 3.8) is 0 Å². The molecular formula is C17H19ClN2O3S. The first-order valence-corrected chi connectivity index (χ1v) is 9.43. The van der Waals surface area contributed by atoms with Gasteiger partial charge in [0, 0.05) is 10.7 Å². The van der Waals surface area contributed by atoms with Crippen molar-refractivity contribution in [1.29, 1.82) is 0 Å². The Kier molecular flexibility index (Phi) is 5.85. The molecule has 2 amide bonds. The summed E-state index contributed by atoms with van der Waals surface area (Å²) in [5.41, 5.74) is 2.50. The van der Waals surface area contributed by atoms with Gasteiger partial charge in [-0.05, 0) is 60.4 Å². The zero-order valence-electron chi connectivity index (χ0n) is 13.5. The van der Waals surface area contributed by atoms with E-state index in [9.17, 15) is 13.2 Å². The lowest BCUT2D eigenvalue weighted by atomic mass is 10.0. The van der Waals surface area contributed by atoms with Gasteiger partial charge in [-0.25, -0.2) is 17.9 Å². The maximum Gasteiger partial charge on any atom is 0.333 e. The molecule has 2 rings (SSSR count). The second-order valence-corrected chi connectivity index (χ2v) is 7.32. The lowest BCUT2D eigenvalue weighted by Gasteiger charge is -2.11. The van der Waals surface area contributed by atoms with E-state index in [1.807, 2.05) is 18.6 Å². The van der Waals surface area contributed by atoms with E-state index in [1.54, 1.807) is 36.4 Å². The van der Waals surface area contributed by atoms with Crippen molar-refractivity contribution in [3.8, 4) is 0 Å².